The van der Waals surface area contributed by atoms with Crippen molar-refractivity contribution in [2.24, 2.45) is 0 Å². The van der Waals surface area contributed by atoms with Gasteiger partial charge in [-0.05, 0) is 18.9 Å². The molecule has 2 aromatic rings. The lowest BCUT2D eigenvalue weighted by Crippen LogP contribution is -2.33. The molecule has 112 valence electrons. The van der Waals surface area contributed by atoms with Crippen molar-refractivity contribution in [2.75, 3.05) is 17.7 Å². The molecule has 0 spiro atoms. The lowest BCUT2D eigenvalue weighted by molar-refractivity contribution is 0.239. The molecule has 6 N–H and O–H groups in total. The highest BCUT2D eigenvalue weighted by Gasteiger charge is 2.16. The molecule has 0 aliphatic rings. The van der Waals surface area contributed by atoms with E-state index in [-0.39, 0.29) is 12.6 Å². The Labute approximate surface area is 122 Å². The van der Waals surface area contributed by atoms with Gasteiger partial charge >= 0.3 is 6.03 Å². The molecule has 7 nitrogen and oxygen atoms in total. The molecule has 0 unspecified atom stereocenters. The molecule has 0 bridgehead atoms. The van der Waals surface area contributed by atoms with E-state index in [0.29, 0.717) is 23.6 Å². The summed E-state index contributed by atoms with van der Waals surface area (Å²) in [5.74, 6) is 0.807. The van der Waals surface area contributed by atoms with Crippen LogP contribution in [0.5, 0.6) is 0 Å². The van der Waals surface area contributed by atoms with Crippen LogP contribution in [0.4, 0.5) is 16.4 Å². The van der Waals surface area contributed by atoms with Crippen molar-refractivity contribution in [1.29, 1.82) is 0 Å². The molecule has 0 aliphatic heterocycles. The highest BCUT2D eigenvalue weighted by Crippen LogP contribution is 2.18. The van der Waals surface area contributed by atoms with Gasteiger partial charge in [-0.3, -0.25) is 10.4 Å². The molecule has 7 heteroatoms. The molecule has 1 aromatic heterocycles. The van der Waals surface area contributed by atoms with Crippen molar-refractivity contribution in [3.8, 4) is 0 Å². The van der Waals surface area contributed by atoms with E-state index in [4.69, 9.17) is 10.8 Å². The third kappa shape index (κ3) is 3.73. The predicted octanol–water partition coefficient (Wildman–Crippen LogP) is 1.55. The number of aromatic amines is 1. The average molecular weight is 289 g/mol. The Hall–Kier alpha value is -2.54. The molecule has 1 heterocycles. The van der Waals surface area contributed by atoms with Crippen LogP contribution in [0.25, 0.3) is 0 Å². The number of benzene rings is 1. The summed E-state index contributed by atoms with van der Waals surface area (Å²) in [6.45, 7) is 1.74. The van der Waals surface area contributed by atoms with E-state index in [1.807, 2.05) is 30.3 Å². The van der Waals surface area contributed by atoms with Gasteiger partial charge in [-0.25, -0.2) is 4.79 Å². The Bertz CT molecular complexity index is 597. The highest BCUT2D eigenvalue weighted by molar-refractivity contribution is 5.89. The Morgan fingerprint density at radius 1 is 1.43 bits per heavy atom. The van der Waals surface area contributed by atoms with E-state index in [9.17, 15) is 4.79 Å². The molecule has 0 fully saturated rings. The van der Waals surface area contributed by atoms with Crippen molar-refractivity contribution in [3.63, 3.8) is 0 Å². The molecule has 0 radical (unpaired) electrons. The first kappa shape index (κ1) is 14.9. The number of nitrogens with one attached hydrogen (secondary N) is 3. The summed E-state index contributed by atoms with van der Waals surface area (Å²) < 4.78 is 0. The summed E-state index contributed by atoms with van der Waals surface area (Å²) in [4.78, 5) is 12.0. The summed E-state index contributed by atoms with van der Waals surface area (Å²) >= 11 is 0. The van der Waals surface area contributed by atoms with Crippen molar-refractivity contribution >= 4 is 17.7 Å². The number of H-pyrrole nitrogens is 1. The minimum atomic E-state index is -0.396. The number of nitrogens with two attached hydrogens (primary N) is 1. The molecule has 0 aliphatic carbocycles. The van der Waals surface area contributed by atoms with Crippen LogP contribution in [0.1, 0.15) is 23.6 Å². The van der Waals surface area contributed by atoms with Gasteiger partial charge in [0.25, 0.3) is 0 Å². The van der Waals surface area contributed by atoms with Crippen LogP contribution in [-0.4, -0.2) is 27.9 Å². The van der Waals surface area contributed by atoms with Crippen LogP contribution in [0.2, 0.25) is 0 Å². The van der Waals surface area contributed by atoms with E-state index in [0.717, 1.165) is 5.56 Å². The fourth-order valence-corrected chi connectivity index (χ4v) is 1.97. The maximum absolute atomic E-state index is 12.0. The first-order valence-corrected chi connectivity index (χ1v) is 6.65. The minimum absolute atomic E-state index is 0.0196. The van der Waals surface area contributed by atoms with Crippen LogP contribution >= 0.6 is 0 Å². The maximum atomic E-state index is 12.0. The number of anilines is 2. The Balaban J connectivity index is 2.03. The number of aliphatic hydroxyl groups excluding tert-OH is 1. The standard InChI is InChI=1S/C14H19N5O2/c1-9-12(15)18-19-13(9)17-14(21)16-11(7-8-20)10-5-3-2-4-6-10/h2-6,11,20H,7-8H2,1H3,(H5,15,16,17,18,19,21)/t11-/m0/s1. The number of nitrogen functional groups attached to an aromatic ring is 1. The van der Waals surface area contributed by atoms with Gasteiger partial charge in [-0.1, -0.05) is 30.3 Å². The van der Waals surface area contributed by atoms with Crippen molar-refractivity contribution in [1.82, 2.24) is 15.5 Å². The van der Waals surface area contributed by atoms with E-state index < -0.39 is 6.03 Å². The van der Waals surface area contributed by atoms with Crippen molar-refractivity contribution in [2.45, 2.75) is 19.4 Å². The number of amides is 2. The molecule has 1 atom stereocenters. The molecule has 0 saturated carbocycles. The number of aliphatic hydroxyl groups is 1. The van der Waals surface area contributed by atoms with Gasteiger partial charge in [0.05, 0.1) is 6.04 Å². The predicted molar refractivity (Wildman–Crippen MR) is 80.8 cm³/mol. The molecule has 21 heavy (non-hydrogen) atoms. The second-order valence-electron chi connectivity index (χ2n) is 4.68. The zero-order valence-electron chi connectivity index (χ0n) is 11.8. The minimum Gasteiger partial charge on any atom is -0.396 e. The Kier molecular flexibility index (Phi) is 4.78. The van der Waals surface area contributed by atoms with Gasteiger partial charge in [0.2, 0.25) is 0 Å². The molecule has 2 amide bonds. The number of hydrogen-bond donors (Lipinski definition) is 5. The number of carbonyl (C=O) groups is 1. The highest BCUT2D eigenvalue weighted by atomic mass is 16.3. The van der Waals surface area contributed by atoms with E-state index in [2.05, 4.69) is 20.8 Å². The van der Waals surface area contributed by atoms with Crippen molar-refractivity contribution in [3.05, 3.63) is 41.5 Å². The average Bonchev–Trinajstić information content (AvgIpc) is 2.80. The van der Waals surface area contributed by atoms with Crippen LogP contribution in [0.3, 0.4) is 0 Å². The summed E-state index contributed by atoms with van der Waals surface area (Å²) in [6.07, 6.45) is 0.430. The first-order chi connectivity index (χ1) is 10.1. The van der Waals surface area contributed by atoms with Gasteiger partial charge in [-0.2, -0.15) is 5.10 Å². The number of carbonyl (C=O) groups excluding carboxylic acids is 1. The second-order valence-corrected chi connectivity index (χ2v) is 4.68. The molecule has 2 rings (SSSR count). The monoisotopic (exact) mass is 289 g/mol. The van der Waals surface area contributed by atoms with Gasteiger partial charge < -0.3 is 16.2 Å². The van der Waals surface area contributed by atoms with Gasteiger partial charge in [0.1, 0.15) is 5.82 Å². The smallest absolute Gasteiger partial charge is 0.320 e. The fourth-order valence-electron chi connectivity index (χ4n) is 1.97. The summed E-state index contributed by atoms with van der Waals surface area (Å²) in [6, 6.07) is 8.81. The van der Waals surface area contributed by atoms with Gasteiger partial charge in [0, 0.05) is 12.2 Å². The van der Waals surface area contributed by atoms with Crippen LogP contribution < -0.4 is 16.4 Å². The van der Waals surface area contributed by atoms with Crippen LogP contribution in [0.15, 0.2) is 30.3 Å². The van der Waals surface area contributed by atoms with E-state index in [1.165, 1.54) is 0 Å². The van der Waals surface area contributed by atoms with Gasteiger partial charge in [-0.15, -0.1) is 0 Å². The second kappa shape index (κ2) is 6.76. The normalized spacial score (nSPS) is 11.9. The third-order valence-corrected chi connectivity index (χ3v) is 3.20. The SMILES string of the molecule is Cc1c(NC(=O)N[C@@H](CCO)c2ccccc2)n[nH]c1N. The third-order valence-electron chi connectivity index (χ3n) is 3.20. The van der Waals surface area contributed by atoms with Crippen LogP contribution in [0, 0.1) is 6.92 Å². The Morgan fingerprint density at radius 2 is 2.14 bits per heavy atom. The van der Waals surface area contributed by atoms with E-state index >= 15 is 0 Å². The molecule has 1 aromatic carbocycles. The largest absolute Gasteiger partial charge is 0.396 e. The maximum Gasteiger partial charge on any atom is 0.320 e. The first-order valence-electron chi connectivity index (χ1n) is 6.65. The molecular weight excluding hydrogens is 270 g/mol. The number of nitrogens with zero attached hydrogens (tertiary/aromatic N) is 1. The van der Waals surface area contributed by atoms with Crippen molar-refractivity contribution < 1.29 is 9.90 Å². The fraction of sp³-hybridized carbons (Fsp3) is 0.286. The number of aromatic nitrogens is 2. The van der Waals surface area contributed by atoms with E-state index in [1.54, 1.807) is 6.92 Å². The lowest BCUT2D eigenvalue weighted by atomic mass is 10.0. The van der Waals surface area contributed by atoms with Gasteiger partial charge in [0.15, 0.2) is 5.82 Å². The topological polar surface area (TPSA) is 116 Å². The summed E-state index contributed by atoms with van der Waals surface area (Å²) in [7, 11) is 0. The number of rotatable bonds is 5. The number of urea groups is 1. The Morgan fingerprint density at radius 3 is 2.71 bits per heavy atom. The number of hydrogen-bond acceptors (Lipinski definition) is 4. The lowest BCUT2D eigenvalue weighted by Gasteiger charge is -2.18. The zero-order chi connectivity index (χ0) is 15.2. The molecular formula is C14H19N5O2. The summed E-state index contributed by atoms with van der Waals surface area (Å²) in [5, 5.41) is 21.1. The molecule has 0 saturated heterocycles. The summed E-state index contributed by atoms with van der Waals surface area (Å²) in [5.41, 5.74) is 7.25. The van der Waals surface area contributed by atoms with Crippen LogP contribution in [-0.2, 0) is 0 Å². The zero-order valence-corrected chi connectivity index (χ0v) is 11.8. The quantitative estimate of drug-likeness (QED) is 0.574.